The molecule has 0 amide bonds. The normalized spacial score (nSPS) is 20.5. The Bertz CT molecular complexity index is 317. The summed E-state index contributed by atoms with van der Waals surface area (Å²) in [6, 6.07) is 0. The molecule has 0 spiro atoms. The molecule has 88 valence electrons. The van der Waals surface area contributed by atoms with Crippen molar-refractivity contribution >= 4 is 10.0 Å². The fourth-order valence-electron chi connectivity index (χ4n) is 1.42. The second kappa shape index (κ2) is 5.60. The van der Waals surface area contributed by atoms with Crippen molar-refractivity contribution in [2.45, 2.75) is 6.92 Å². The van der Waals surface area contributed by atoms with Gasteiger partial charge in [0.25, 0.3) is 0 Å². The van der Waals surface area contributed by atoms with Gasteiger partial charge in [0.15, 0.2) is 0 Å². The summed E-state index contributed by atoms with van der Waals surface area (Å²) in [6.07, 6.45) is 1.51. The Morgan fingerprint density at radius 2 is 2.07 bits per heavy atom. The van der Waals surface area contributed by atoms with Crippen molar-refractivity contribution in [2.24, 2.45) is 0 Å². The minimum Gasteiger partial charge on any atom is -0.392 e. The SMILES string of the molecule is C/C(=C/CO)CS(=O)(=O)N1CCOCC1. The van der Waals surface area contributed by atoms with Crippen LogP contribution in [0, 0.1) is 0 Å². The maximum Gasteiger partial charge on any atom is 0.218 e. The molecule has 0 bridgehead atoms. The van der Waals surface area contributed by atoms with Gasteiger partial charge in [0, 0.05) is 13.1 Å². The Kier molecular flexibility index (Phi) is 4.72. The Morgan fingerprint density at radius 3 is 2.60 bits per heavy atom. The average Bonchev–Trinajstić information content (AvgIpc) is 2.18. The summed E-state index contributed by atoms with van der Waals surface area (Å²) in [5, 5.41) is 8.64. The van der Waals surface area contributed by atoms with Crippen molar-refractivity contribution in [3.05, 3.63) is 11.6 Å². The van der Waals surface area contributed by atoms with Crippen LogP contribution in [0.25, 0.3) is 0 Å². The number of ether oxygens (including phenoxy) is 1. The van der Waals surface area contributed by atoms with Crippen molar-refractivity contribution in [2.75, 3.05) is 38.7 Å². The van der Waals surface area contributed by atoms with Crippen LogP contribution in [0.5, 0.6) is 0 Å². The van der Waals surface area contributed by atoms with E-state index >= 15 is 0 Å². The lowest BCUT2D eigenvalue weighted by atomic mass is 10.3. The number of nitrogens with zero attached hydrogens (tertiary/aromatic N) is 1. The van der Waals surface area contributed by atoms with Crippen LogP contribution in [0.1, 0.15) is 6.92 Å². The fourth-order valence-corrected chi connectivity index (χ4v) is 3.00. The minimum absolute atomic E-state index is 0.0203. The molecule has 6 heteroatoms. The summed E-state index contributed by atoms with van der Waals surface area (Å²) in [5.74, 6) is -0.0203. The average molecular weight is 235 g/mol. The predicted molar refractivity (Wildman–Crippen MR) is 57.0 cm³/mol. The molecule has 1 heterocycles. The van der Waals surface area contributed by atoms with E-state index in [0.29, 0.717) is 31.9 Å². The van der Waals surface area contributed by atoms with E-state index in [2.05, 4.69) is 0 Å². The van der Waals surface area contributed by atoms with Crippen LogP contribution >= 0.6 is 0 Å². The molecule has 5 nitrogen and oxygen atoms in total. The second-order valence-electron chi connectivity index (χ2n) is 3.50. The Labute approximate surface area is 90.4 Å². The molecule has 0 saturated carbocycles. The first-order valence-electron chi connectivity index (χ1n) is 4.88. The summed E-state index contributed by atoms with van der Waals surface area (Å²) in [5.41, 5.74) is 0.670. The van der Waals surface area contributed by atoms with Gasteiger partial charge in [0.2, 0.25) is 10.0 Å². The van der Waals surface area contributed by atoms with Gasteiger partial charge in [-0.2, -0.15) is 4.31 Å². The van der Waals surface area contributed by atoms with E-state index in [1.807, 2.05) is 0 Å². The molecule has 0 aromatic heterocycles. The van der Waals surface area contributed by atoms with Gasteiger partial charge in [0.1, 0.15) is 0 Å². The standard InChI is InChI=1S/C9H17NO4S/c1-9(2-5-11)8-15(12,13)10-3-6-14-7-4-10/h2,11H,3-8H2,1H3/b9-2-. The summed E-state index contributed by atoms with van der Waals surface area (Å²) in [7, 11) is -3.23. The van der Waals surface area contributed by atoms with Gasteiger partial charge in [-0.1, -0.05) is 11.6 Å². The highest BCUT2D eigenvalue weighted by atomic mass is 32.2. The highest BCUT2D eigenvalue weighted by Gasteiger charge is 2.24. The van der Waals surface area contributed by atoms with E-state index in [0.717, 1.165) is 0 Å². The summed E-state index contributed by atoms with van der Waals surface area (Å²) in [6.45, 7) is 3.35. The van der Waals surface area contributed by atoms with E-state index in [1.54, 1.807) is 6.92 Å². The molecular formula is C9H17NO4S. The lowest BCUT2D eigenvalue weighted by Gasteiger charge is -2.26. The highest BCUT2D eigenvalue weighted by molar-refractivity contribution is 7.89. The predicted octanol–water partition coefficient (Wildman–Crippen LogP) is -0.413. The smallest absolute Gasteiger partial charge is 0.218 e. The molecule has 1 saturated heterocycles. The van der Waals surface area contributed by atoms with Gasteiger partial charge in [-0.3, -0.25) is 0 Å². The number of hydrogen-bond donors (Lipinski definition) is 1. The number of aliphatic hydroxyl groups excluding tert-OH is 1. The van der Waals surface area contributed by atoms with Crippen molar-refractivity contribution in [3.63, 3.8) is 0 Å². The van der Waals surface area contributed by atoms with Gasteiger partial charge in [-0.05, 0) is 6.92 Å². The third kappa shape index (κ3) is 3.90. The maximum atomic E-state index is 11.8. The molecule has 1 rings (SSSR count). The van der Waals surface area contributed by atoms with Crippen LogP contribution < -0.4 is 0 Å². The van der Waals surface area contributed by atoms with Gasteiger partial charge in [-0.15, -0.1) is 0 Å². The zero-order valence-electron chi connectivity index (χ0n) is 8.85. The Balaban J connectivity index is 2.61. The Hall–Kier alpha value is -0.430. The van der Waals surface area contributed by atoms with Gasteiger partial charge >= 0.3 is 0 Å². The molecule has 1 aliphatic rings. The van der Waals surface area contributed by atoms with Gasteiger partial charge in [0.05, 0.1) is 25.6 Å². The molecule has 15 heavy (non-hydrogen) atoms. The van der Waals surface area contributed by atoms with Gasteiger partial charge < -0.3 is 9.84 Å². The van der Waals surface area contributed by atoms with E-state index in [1.165, 1.54) is 10.4 Å². The second-order valence-corrected chi connectivity index (χ2v) is 5.47. The summed E-state index contributed by atoms with van der Waals surface area (Å²) in [4.78, 5) is 0. The quantitative estimate of drug-likeness (QED) is 0.673. The first kappa shape index (κ1) is 12.6. The van der Waals surface area contributed by atoms with E-state index in [-0.39, 0.29) is 12.4 Å². The van der Waals surface area contributed by atoms with Crippen LogP contribution in [-0.2, 0) is 14.8 Å². The number of aliphatic hydroxyl groups is 1. The first-order chi connectivity index (χ1) is 7.06. The molecule has 0 atom stereocenters. The van der Waals surface area contributed by atoms with E-state index < -0.39 is 10.0 Å². The largest absolute Gasteiger partial charge is 0.392 e. The van der Waals surface area contributed by atoms with Crippen molar-refractivity contribution in [1.29, 1.82) is 0 Å². The Morgan fingerprint density at radius 1 is 1.47 bits per heavy atom. The van der Waals surface area contributed by atoms with E-state index in [9.17, 15) is 8.42 Å². The summed E-state index contributed by atoms with van der Waals surface area (Å²) < 4.78 is 30.2. The molecule has 1 N–H and O–H groups in total. The number of hydrogen-bond acceptors (Lipinski definition) is 4. The van der Waals surface area contributed by atoms with Crippen molar-refractivity contribution < 1.29 is 18.3 Å². The molecule has 1 fully saturated rings. The monoisotopic (exact) mass is 235 g/mol. The third-order valence-electron chi connectivity index (χ3n) is 2.21. The highest BCUT2D eigenvalue weighted by Crippen LogP contribution is 2.09. The number of rotatable bonds is 4. The van der Waals surface area contributed by atoms with Crippen LogP contribution in [0.15, 0.2) is 11.6 Å². The summed E-state index contributed by atoms with van der Waals surface area (Å²) >= 11 is 0. The third-order valence-corrected chi connectivity index (χ3v) is 4.19. The number of sulfonamides is 1. The van der Waals surface area contributed by atoms with E-state index in [4.69, 9.17) is 9.84 Å². The number of morpholine rings is 1. The molecular weight excluding hydrogens is 218 g/mol. The van der Waals surface area contributed by atoms with Crippen LogP contribution in [0.3, 0.4) is 0 Å². The minimum atomic E-state index is -3.23. The molecule has 0 unspecified atom stereocenters. The molecule has 1 aliphatic heterocycles. The molecule has 0 radical (unpaired) electrons. The van der Waals surface area contributed by atoms with Crippen LogP contribution in [-0.4, -0.2) is 56.5 Å². The van der Waals surface area contributed by atoms with Crippen LogP contribution in [0.4, 0.5) is 0 Å². The molecule has 0 aromatic rings. The molecule has 0 aromatic carbocycles. The zero-order chi connectivity index (χ0) is 11.3. The van der Waals surface area contributed by atoms with Gasteiger partial charge in [-0.25, -0.2) is 8.42 Å². The maximum absolute atomic E-state index is 11.8. The topological polar surface area (TPSA) is 66.8 Å². The first-order valence-corrected chi connectivity index (χ1v) is 6.49. The van der Waals surface area contributed by atoms with Crippen molar-refractivity contribution in [3.8, 4) is 0 Å². The lowest BCUT2D eigenvalue weighted by Crippen LogP contribution is -2.41. The fraction of sp³-hybridized carbons (Fsp3) is 0.778. The lowest BCUT2D eigenvalue weighted by molar-refractivity contribution is 0.0731. The zero-order valence-corrected chi connectivity index (χ0v) is 9.66. The van der Waals surface area contributed by atoms with Crippen LogP contribution in [0.2, 0.25) is 0 Å². The van der Waals surface area contributed by atoms with Crippen molar-refractivity contribution in [1.82, 2.24) is 4.31 Å². The molecule has 0 aliphatic carbocycles.